The first-order valence-electron chi connectivity index (χ1n) is 9.02. The molecule has 1 aliphatic carbocycles. The van der Waals surface area contributed by atoms with E-state index in [2.05, 4.69) is 5.32 Å². The first-order chi connectivity index (χ1) is 11.7. The molecule has 0 radical (unpaired) electrons. The number of hydrogen-bond acceptors (Lipinski definition) is 4. The predicted octanol–water partition coefficient (Wildman–Crippen LogP) is 1.81. The highest BCUT2D eigenvalue weighted by atomic mass is 32.1. The highest BCUT2D eigenvalue weighted by Crippen LogP contribution is 2.45. The molecule has 0 unspecified atom stereocenters. The van der Waals surface area contributed by atoms with Crippen LogP contribution in [0.5, 0.6) is 0 Å². The lowest BCUT2D eigenvalue weighted by Crippen LogP contribution is -2.56. The number of thiophene rings is 1. The zero-order chi connectivity index (χ0) is 16.6. The second-order valence-corrected chi connectivity index (χ2v) is 8.11. The Labute approximate surface area is 147 Å². The van der Waals surface area contributed by atoms with Gasteiger partial charge >= 0.3 is 0 Å². The molecular weight excluding hydrogens is 322 g/mol. The number of hydrogen-bond donors (Lipinski definition) is 1. The van der Waals surface area contributed by atoms with Gasteiger partial charge in [0.1, 0.15) is 0 Å². The Kier molecular flexibility index (Phi) is 4.35. The van der Waals surface area contributed by atoms with Crippen molar-refractivity contribution in [2.24, 2.45) is 11.3 Å². The number of piperazine rings is 1. The van der Waals surface area contributed by atoms with E-state index in [-0.39, 0.29) is 11.3 Å². The highest BCUT2D eigenvalue weighted by Gasteiger charge is 2.51. The normalized spacial score (nSPS) is 30.2. The van der Waals surface area contributed by atoms with Gasteiger partial charge in [0.05, 0.1) is 11.0 Å². The third-order valence-electron chi connectivity index (χ3n) is 6.09. The van der Waals surface area contributed by atoms with Gasteiger partial charge in [0, 0.05) is 38.1 Å². The molecule has 0 spiro atoms. The molecule has 3 aliphatic rings. The fourth-order valence-corrected chi connectivity index (χ4v) is 5.29. The van der Waals surface area contributed by atoms with Gasteiger partial charge in [-0.1, -0.05) is 12.8 Å². The molecule has 5 nitrogen and oxygen atoms in total. The van der Waals surface area contributed by atoms with Crippen molar-refractivity contribution in [3.63, 3.8) is 0 Å². The van der Waals surface area contributed by atoms with Gasteiger partial charge in [0.15, 0.2) is 0 Å². The predicted molar refractivity (Wildman–Crippen MR) is 94.1 cm³/mol. The standard InChI is InChI=1S/C18H25N3O2S/c22-16(14-4-10-24-12-14)20-6-8-21(9-7-20)17(23)18-5-2-1-3-15(18)11-19-13-18/h4,10,12,15,19H,1-3,5-9,11,13H2/t15-,18+/m0/s1. The molecule has 24 heavy (non-hydrogen) atoms. The van der Waals surface area contributed by atoms with Crippen molar-refractivity contribution in [1.82, 2.24) is 15.1 Å². The van der Waals surface area contributed by atoms with E-state index in [4.69, 9.17) is 0 Å². The maximum absolute atomic E-state index is 13.2. The van der Waals surface area contributed by atoms with E-state index in [9.17, 15) is 9.59 Å². The van der Waals surface area contributed by atoms with E-state index in [1.54, 1.807) is 11.3 Å². The van der Waals surface area contributed by atoms with Crippen LogP contribution in [0.2, 0.25) is 0 Å². The molecule has 0 aromatic carbocycles. The van der Waals surface area contributed by atoms with Gasteiger partial charge in [-0.05, 0) is 36.8 Å². The van der Waals surface area contributed by atoms with Gasteiger partial charge in [-0.2, -0.15) is 11.3 Å². The third kappa shape index (κ3) is 2.65. The van der Waals surface area contributed by atoms with Gasteiger partial charge in [-0.25, -0.2) is 0 Å². The number of nitrogens with one attached hydrogen (secondary N) is 1. The van der Waals surface area contributed by atoms with Crippen LogP contribution < -0.4 is 5.32 Å². The van der Waals surface area contributed by atoms with Crippen molar-refractivity contribution in [2.75, 3.05) is 39.3 Å². The van der Waals surface area contributed by atoms with Crippen LogP contribution in [0.1, 0.15) is 36.0 Å². The van der Waals surface area contributed by atoms with Crippen LogP contribution in [0.15, 0.2) is 16.8 Å². The first kappa shape index (κ1) is 16.1. The molecule has 2 saturated heterocycles. The minimum atomic E-state index is -0.169. The Hall–Kier alpha value is -1.40. The van der Waals surface area contributed by atoms with Crippen molar-refractivity contribution in [1.29, 1.82) is 0 Å². The minimum absolute atomic E-state index is 0.0968. The largest absolute Gasteiger partial charge is 0.339 e. The molecule has 2 amide bonds. The van der Waals surface area contributed by atoms with Gasteiger partial charge < -0.3 is 15.1 Å². The number of amides is 2. The van der Waals surface area contributed by atoms with Crippen LogP contribution in [0.25, 0.3) is 0 Å². The number of carbonyl (C=O) groups is 2. The van der Waals surface area contributed by atoms with Gasteiger partial charge in [-0.15, -0.1) is 0 Å². The molecule has 2 aliphatic heterocycles. The van der Waals surface area contributed by atoms with Crippen LogP contribution in [-0.2, 0) is 4.79 Å². The molecule has 1 N–H and O–H groups in total. The van der Waals surface area contributed by atoms with Crippen LogP contribution in [0, 0.1) is 11.3 Å². The number of rotatable bonds is 2. The molecule has 4 rings (SSSR count). The Bertz CT molecular complexity index is 610. The Morgan fingerprint density at radius 2 is 1.96 bits per heavy atom. The third-order valence-corrected chi connectivity index (χ3v) is 6.77. The maximum atomic E-state index is 13.2. The van der Waals surface area contributed by atoms with Crippen molar-refractivity contribution >= 4 is 23.2 Å². The van der Waals surface area contributed by atoms with E-state index < -0.39 is 0 Å². The topological polar surface area (TPSA) is 52.7 Å². The summed E-state index contributed by atoms with van der Waals surface area (Å²) in [5, 5.41) is 7.29. The average Bonchev–Trinajstić information content (AvgIpc) is 3.30. The van der Waals surface area contributed by atoms with E-state index in [1.807, 2.05) is 26.6 Å². The summed E-state index contributed by atoms with van der Waals surface area (Å²) >= 11 is 1.55. The lowest BCUT2D eigenvalue weighted by molar-refractivity contribution is -0.146. The monoisotopic (exact) mass is 347 g/mol. The Balaban J connectivity index is 1.40. The molecule has 0 bridgehead atoms. The lowest BCUT2D eigenvalue weighted by atomic mass is 9.67. The molecule has 1 aromatic heterocycles. The SMILES string of the molecule is O=C(c1ccsc1)N1CCN(C(=O)[C@@]23CCCC[C@H]2CNC3)CC1. The molecule has 2 atom stereocenters. The summed E-state index contributed by atoms with van der Waals surface area (Å²) < 4.78 is 0. The first-order valence-corrected chi connectivity index (χ1v) is 9.96. The summed E-state index contributed by atoms with van der Waals surface area (Å²) in [5.74, 6) is 0.934. The van der Waals surface area contributed by atoms with E-state index in [0.717, 1.165) is 25.1 Å². The summed E-state index contributed by atoms with van der Waals surface area (Å²) in [6, 6.07) is 1.88. The van der Waals surface area contributed by atoms with Crippen molar-refractivity contribution in [3.8, 4) is 0 Å². The zero-order valence-corrected chi connectivity index (χ0v) is 14.8. The average molecular weight is 347 g/mol. The second-order valence-electron chi connectivity index (χ2n) is 7.33. The summed E-state index contributed by atoms with van der Waals surface area (Å²) in [4.78, 5) is 29.6. The second kappa shape index (κ2) is 6.48. The molecular formula is C18H25N3O2S. The number of carbonyl (C=O) groups excluding carboxylic acids is 2. The van der Waals surface area contributed by atoms with Gasteiger partial charge in [0.2, 0.25) is 5.91 Å². The van der Waals surface area contributed by atoms with Crippen molar-refractivity contribution in [2.45, 2.75) is 25.7 Å². The summed E-state index contributed by atoms with van der Waals surface area (Å²) in [7, 11) is 0. The molecule has 3 heterocycles. The van der Waals surface area contributed by atoms with Crippen LogP contribution in [0.4, 0.5) is 0 Å². The Morgan fingerprint density at radius 1 is 1.17 bits per heavy atom. The molecule has 6 heteroatoms. The van der Waals surface area contributed by atoms with E-state index in [1.165, 1.54) is 19.3 Å². The van der Waals surface area contributed by atoms with Crippen molar-refractivity contribution < 1.29 is 9.59 Å². The fourth-order valence-electron chi connectivity index (χ4n) is 4.66. The maximum Gasteiger partial charge on any atom is 0.254 e. The summed E-state index contributed by atoms with van der Waals surface area (Å²) in [5.41, 5.74) is 0.600. The van der Waals surface area contributed by atoms with Gasteiger partial charge in [-0.3, -0.25) is 9.59 Å². The summed E-state index contributed by atoms with van der Waals surface area (Å²) in [6.07, 6.45) is 4.62. The quantitative estimate of drug-likeness (QED) is 0.888. The van der Waals surface area contributed by atoms with Gasteiger partial charge in [0.25, 0.3) is 5.91 Å². The van der Waals surface area contributed by atoms with Crippen LogP contribution in [-0.4, -0.2) is 60.9 Å². The fraction of sp³-hybridized carbons (Fsp3) is 0.667. The number of fused-ring (bicyclic) bond motifs is 1. The van der Waals surface area contributed by atoms with Crippen LogP contribution >= 0.6 is 11.3 Å². The van der Waals surface area contributed by atoms with Crippen LogP contribution in [0.3, 0.4) is 0 Å². The van der Waals surface area contributed by atoms with Crippen molar-refractivity contribution in [3.05, 3.63) is 22.4 Å². The smallest absolute Gasteiger partial charge is 0.254 e. The van der Waals surface area contributed by atoms with E-state index in [0.29, 0.717) is 38.0 Å². The molecule has 130 valence electrons. The molecule has 3 fully saturated rings. The highest BCUT2D eigenvalue weighted by molar-refractivity contribution is 7.08. The molecule has 1 aromatic rings. The molecule has 1 saturated carbocycles. The minimum Gasteiger partial charge on any atom is -0.339 e. The summed E-state index contributed by atoms with van der Waals surface area (Å²) in [6.45, 7) is 4.46. The Morgan fingerprint density at radius 3 is 2.71 bits per heavy atom. The van der Waals surface area contributed by atoms with E-state index >= 15 is 0 Å². The number of nitrogens with zero attached hydrogens (tertiary/aromatic N) is 2. The lowest BCUT2D eigenvalue weighted by Gasteiger charge is -2.43. The zero-order valence-electron chi connectivity index (χ0n) is 14.0.